The second kappa shape index (κ2) is 5.23. The maximum atomic E-state index is 13.5. The second-order valence-corrected chi connectivity index (χ2v) is 4.19. The highest BCUT2D eigenvalue weighted by Gasteiger charge is 2.14. The molecule has 0 spiro atoms. The quantitative estimate of drug-likeness (QED) is 0.757. The molecule has 0 bridgehead atoms. The number of halogens is 3. The Morgan fingerprint density at radius 3 is 2.65 bits per heavy atom. The minimum Gasteiger partial charge on any atom is -0.261 e. The third kappa shape index (κ3) is 3.01. The van der Waals surface area contributed by atoms with Crippen LogP contribution in [0.25, 0.3) is 0 Å². The number of benzene rings is 1. The van der Waals surface area contributed by atoms with Gasteiger partial charge in [-0.1, -0.05) is 12.1 Å². The molecule has 0 saturated heterocycles. The van der Waals surface area contributed by atoms with Crippen LogP contribution in [-0.4, -0.2) is 4.98 Å². The normalized spacial score (nSPS) is 12.4. The van der Waals surface area contributed by atoms with Gasteiger partial charge in [0.1, 0.15) is 11.6 Å². The van der Waals surface area contributed by atoms with E-state index in [1.54, 1.807) is 12.3 Å². The van der Waals surface area contributed by atoms with E-state index in [4.69, 9.17) is 11.6 Å². The van der Waals surface area contributed by atoms with E-state index in [0.717, 1.165) is 11.8 Å². The molecular formula is C13H10ClF2N. The molecule has 4 heteroatoms. The maximum absolute atomic E-state index is 13.5. The van der Waals surface area contributed by atoms with Crippen LogP contribution in [0.4, 0.5) is 8.78 Å². The predicted molar refractivity (Wildman–Crippen MR) is 62.9 cm³/mol. The van der Waals surface area contributed by atoms with E-state index >= 15 is 0 Å². The molecule has 1 aromatic heterocycles. The van der Waals surface area contributed by atoms with Crippen molar-refractivity contribution in [3.8, 4) is 0 Å². The Morgan fingerprint density at radius 2 is 2.00 bits per heavy atom. The Labute approximate surface area is 103 Å². The monoisotopic (exact) mass is 253 g/mol. The third-order valence-corrected chi connectivity index (χ3v) is 2.80. The smallest absolute Gasteiger partial charge is 0.130 e. The number of aromatic nitrogens is 1. The fraction of sp³-hybridized carbons (Fsp3) is 0.154. The first-order valence-corrected chi connectivity index (χ1v) is 5.59. The SMILES string of the molecule is Fc1ccc(C(Cl)Cc2ccccn2)c(F)c1. The zero-order valence-electron chi connectivity index (χ0n) is 8.91. The van der Waals surface area contributed by atoms with Gasteiger partial charge < -0.3 is 0 Å². The zero-order valence-corrected chi connectivity index (χ0v) is 9.66. The average Bonchev–Trinajstić information content (AvgIpc) is 2.30. The van der Waals surface area contributed by atoms with Crippen molar-refractivity contribution < 1.29 is 8.78 Å². The van der Waals surface area contributed by atoms with Crippen LogP contribution in [0.15, 0.2) is 42.6 Å². The van der Waals surface area contributed by atoms with Crippen LogP contribution in [0.2, 0.25) is 0 Å². The van der Waals surface area contributed by atoms with E-state index in [-0.39, 0.29) is 0 Å². The molecule has 0 radical (unpaired) electrons. The standard InChI is InChI=1S/C13H10ClF2N/c14-12(8-10-3-1-2-6-17-10)11-5-4-9(15)7-13(11)16/h1-7,12H,8H2. The Balaban J connectivity index is 2.17. The first kappa shape index (κ1) is 12.0. The summed E-state index contributed by atoms with van der Waals surface area (Å²) in [6, 6.07) is 8.86. The molecule has 0 aliphatic heterocycles. The molecule has 0 aliphatic rings. The van der Waals surface area contributed by atoms with Crippen molar-refractivity contribution in [1.29, 1.82) is 0 Å². The van der Waals surface area contributed by atoms with Gasteiger partial charge in [-0.25, -0.2) is 8.78 Å². The van der Waals surface area contributed by atoms with E-state index in [2.05, 4.69) is 4.98 Å². The highest BCUT2D eigenvalue weighted by atomic mass is 35.5. The van der Waals surface area contributed by atoms with Gasteiger partial charge in [0.2, 0.25) is 0 Å². The van der Waals surface area contributed by atoms with Crippen molar-refractivity contribution in [2.24, 2.45) is 0 Å². The van der Waals surface area contributed by atoms with Gasteiger partial charge in [0.05, 0.1) is 5.38 Å². The van der Waals surface area contributed by atoms with Crippen LogP contribution in [-0.2, 0) is 6.42 Å². The van der Waals surface area contributed by atoms with Crippen LogP contribution in [0.1, 0.15) is 16.6 Å². The van der Waals surface area contributed by atoms with E-state index in [1.165, 1.54) is 12.1 Å². The lowest BCUT2D eigenvalue weighted by atomic mass is 10.1. The van der Waals surface area contributed by atoms with Crippen molar-refractivity contribution in [2.45, 2.75) is 11.8 Å². The van der Waals surface area contributed by atoms with Crippen LogP contribution >= 0.6 is 11.6 Å². The van der Waals surface area contributed by atoms with Crippen molar-refractivity contribution in [1.82, 2.24) is 4.98 Å². The Hall–Kier alpha value is -1.48. The Bertz CT molecular complexity index is 502. The maximum Gasteiger partial charge on any atom is 0.130 e. The summed E-state index contributed by atoms with van der Waals surface area (Å²) in [6.45, 7) is 0. The van der Waals surface area contributed by atoms with Gasteiger partial charge in [0.25, 0.3) is 0 Å². The van der Waals surface area contributed by atoms with Gasteiger partial charge in [-0.3, -0.25) is 4.98 Å². The van der Waals surface area contributed by atoms with Crippen LogP contribution in [0.3, 0.4) is 0 Å². The summed E-state index contributed by atoms with van der Waals surface area (Å²) in [5, 5.41) is -0.550. The van der Waals surface area contributed by atoms with Crippen molar-refractivity contribution in [2.75, 3.05) is 0 Å². The molecule has 0 saturated carbocycles. The molecule has 0 amide bonds. The lowest BCUT2D eigenvalue weighted by molar-refractivity contribution is 0.569. The first-order valence-electron chi connectivity index (χ1n) is 5.16. The molecule has 17 heavy (non-hydrogen) atoms. The number of rotatable bonds is 3. The fourth-order valence-corrected chi connectivity index (χ4v) is 1.90. The minimum atomic E-state index is -0.624. The summed E-state index contributed by atoms with van der Waals surface area (Å²) < 4.78 is 26.2. The number of hydrogen-bond donors (Lipinski definition) is 0. The lowest BCUT2D eigenvalue weighted by Crippen LogP contribution is -2.01. The van der Waals surface area contributed by atoms with E-state index in [1.807, 2.05) is 12.1 Å². The third-order valence-electron chi connectivity index (χ3n) is 2.41. The first-order chi connectivity index (χ1) is 8.16. The van der Waals surface area contributed by atoms with E-state index < -0.39 is 17.0 Å². The molecule has 1 unspecified atom stereocenters. The van der Waals surface area contributed by atoms with Gasteiger partial charge in [-0.15, -0.1) is 11.6 Å². The lowest BCUT2D eigenvalue weighted by Gasteiger charge is -2.10. The summed E-state index contributed by atoms with van der Waals surface area (Å²) in [4.78, 5) is 4.11. The largest absolute Gasteiger partial charge is 0.261 e. The molecule has 2 rings (SSSR count). The highest BCUT2D eigenvalue weighted by molar-refractivity contribution is 6.20. The number of nitrogens with zero attached hydrogens (tertiary/aromatic N) is 1. The summed E-state index contributed by atoms with van der Waals surface area (Å²) in [7, 11) is 0. The fourth-order valence-electron chi connectivity index (χ4n) is 1.57. The summed E-state index contributed by atoms with van der Waals surface area (Å²) in [5.74, 6) is -1.23. The molecule has 1 heterocycles. The van der Waals surface area contributed by atoms with Gasteiger partial charge in [-0.05, 0) is 18.2 Å². The Kier molecular flexibility index (Phi) is 3.69. The molecule has 2 aromatic rings. The van der Waals surface area contributed by atoms with E-state index in [9.17, 15) is 8.78 Å². The number of pyridine rings is 1. The topological polar surface area (TPSA) is 12.9 Å². The van der Waals surface area contributed by atoms with Crippen LogP contribution < -0.4 is 0 Å². The van der Waals surface area contributed by atoms with Crippen molar-refractivity contribution in [3.05, 3.63) is 65.5 Å². The summed E-state index contributed by atoms with van der Waals surface area (Å²) in [5.41, 5.74) is 1.06. The number of alkyl halides is 1. The van der Waals surface area contributed by atoms with Crippen molar-refractivity contribution >= 4 is 11.6 Å². The van der Waals surface area contributed by atoms with Gasteiger partial charge in [0.15, 0.2) is 0 Å². The number of hydrogen-bond acceptors (Lipinski definition) is 1. The molecule has 1 aromatic carbocycles. The summed E-state index contributed by atoms with van der Waals surface area (Å²) in [6.07, 6.45) is 2.06. The predicted octanol–water partition coefficient (Wildman–Crippen LogP) is 3.88. The molecule has 1 nitrogen and oxygen atoms in total. The zero-order chi connectivity index (χ0) is 12.3. The molecular weight excluding hydrogens is 244 g/mol. The second-order valence-electron chi connectivity index (χ2n) is 3.66. The molecule has 0 fully saturated rings. The van der Waals surface area contributed by atoms with Gasteiger partial charge >= 0.3 is 0 Å². The average molecular weight is 254 g/mol. The molecule has 0 aliphatic carbocycles. The van der Waals surface area contributed by atoms with Crippen LogP contribution in [0.5, 0.6) is 0 Å². The molecule has 0 N–H and O–H groups in total. The molecule has 88 valence electrons. The highest BCUT2D eigenvalue weighted by Crippen LogP contribution is 2.26. The molecule has 1 atom stereocenters. The van der Waals surface area contributed by atoms with Crippen molar-refractivity contribution in [3.63, 3.8) is 0 Å². The van der Waals surface area contributed by atoms with E-state index in [0.29, 0.717) is 12.0 Å². The van der Waals surface area contributed by atoms with Crippen LogP contribution in [0, 0.1) is 11.6 Å². The minimum absolute atomic E-state index is 0.290. The Morgan fingerprint density at radius 1 is 1.18 bits per heavy atom. The van der Waals surface area contributed by atoms with Gasteiger partial charge in [-0.2, -0.15) is 0 Å². The summed E-state index contributed by atoms with van der Waals surface area (Å²) >= 11 is 6.10. The van der Waals surface area contributed by atoms with Gasteiger partial charge in [0, 0.05) is 29.9 Å².